The third-order valence-corrected chi connectivity index (χ3v) is 3.40. The maximum Gasteiger partial charge on any atom is 0.343 e. The van der Waals surface area contributed by atoms with Gasteiger partial charge in [0.25, 0.3) is 0 Å². The van der Waals surface area contributed by atoms with Gasteiger partial charge in [0.05, 0.1) is 22.8 Å². The smallest absolute Gasteiger partial charge is 0.343 e. The lowest BCUT2D eigenvalue weighted by Gasteiger charge is -2.08. The molecule has 0 aliphatic heterocycles. The highest BCUT2D eigenvalue weighted by Gasteiger charge is 2.14. The molecule has 0 aliphatic carbocycles. The van der Waals surface area contributed by atoms with Crippen molar-refractivity contribution in [2.45, 2.75) is 13.3 Å². The van der Waals surface area contributed by atoms with Crippen LogP contribution < -0.4 is 4.74 Å². The molecule has 6 heteroatoms. The Kier molecular flexibility index (Phi) is 6.02. The van der Waals surface area contributed by atoms with Gasteiger partial charge in [-0.05, 0) is 42.8 Å². The molecule has 0 N–H and O–H groups in total. The minimum atomic E-state index is -0.626. The Morgan fingerprint density at radius 3 is 2.35 bits per heavy atom. The molecule has 0 saturated heterocycles. The summed E-state index contributed by atoms with van der Waals surface area (Å²) in [5.74, 6) is -0.912. The summed E-state index contributed by atoms with van der Waals surface area (Å²) in [6.45, 7) is 2.23. The number of halogens is 2. The van der Waals surface area contributed by atoms with Crippen LogP contribution in [0.15, 0.2) is 42.5 Å². The fourth-order valence-electron chi connectivity index (χ4n) is 1.77. The van der Waals surface area contributed by atoms with Crippen molar-refractivity contribution >= 4 is 35.1 Å². The monoisotopic (exact) mass is 352 g/mol. The molecule has 23 heavy (non-hydrogen) atoms. The molecule has 2 aromatic rings. The SMILES string of the molecule is CCCOC(=O)c1cccc(C(=O)Oc2ccc(Cl)cc2Cl)c1. The van der Waals surface area contributed by atoms with E-state index in [2.05, 4.69) is 0 Å². The van der Waals surface area contributed by atoms with E-state index in [0.29, 0.717) is 11.6 Å². The number of hydrogen-bond donors (Lipinski definition) is 0. The molecule has 0 aromatic heterocycles. The quantitative estimate of drug-likeness (QED) is 0.573. The fourth-order valence-corrected chi connectivity index (χ4v) is 2.22. The molecule has 0 fully saturated rings. The molecular formula is C17H14Cl2O4. The summed E-state index contributed by atoms with van der Waals surface area (Å²) in [4.78, 5) is 24.0. The molecule has 0 radical (unpaired) electrons. The Bertz CT molecular complexity index is 728. The zero-order chi connectivity index (χ0) is 16.8. The highest BCUT2D eigenvalue weighted by Crippen LogP contribution is 2.28. The van der Waals surface area contributed by atoms with Crippen LogP contribution in [0.1, 0.15) is 34.1 Å². The van der Waals surface area contributed by atoms with E-state index in [0.717, 1.165) is 6.42 Å². The zero-order valence-corrected chi connectivity index (χ0v) is 13.9. The number of carbonyl (C=O) groups is 2. The highest BCUT2D eigenvalue weighted by molar-refractivity contribution is 6.35. The largest absolute Gasteiger partial charge is 0.462 e. The first-order valence-corrected chi connectivity index (χ1v) is 7.71. The van der Waals surface area contributed by atoms with Crippen LogP contribution in [0, 0.1) is 0 Å². The summed E-state index contributed by atoms with van der Waals surface area (Å²) in [5.41, 5.74) is 0.511. The van der Waals surface area contributed by atoms with Crippen molar-refractivity contribution < 1.29 is 19.1 Å². The standard InChI is InChI=1S/C17H14Cl2O4/c1-2-8-22-16(20)11-4-3-5-12(9-11)17(21)23-15-7-6-13(18)10-14(15)19/h3-7,9-10H,2,8H2,1H3. The van der Waals surface area contributed by atoms with E-state index >= 15 is 0 Å². The Hall–Kier alpha value is -2.04. The zero-order valence-electron chi connectivity index (χ0n) is 12.3. The van der Waals surface area contributed by atoms with Crippen LogP contribution >= 0.6 is 23.2 Å². The predicted octanol–water partition coefficient (Wildman–Crippen LogP) is 4.78. The van der Waals surface area contributed by atoms with Crippen LogP contribution in [-0.2, 0) is 4.74 Å². The fraction of sp³-hybridized carbons (Fsp3) is 0.176. The summed E-state index contributed by atoms with van der Waals surface area (Å²) in [7, 11) is 0. The maximum atomic E-state index is 12.2. The van der Waals surface area contributed by atoms with Gasteiger partial charge in [0.2, 0.25) is 0 Å². The van der Waals surface area contributed by atoms with Crippen molar-refractivity contribution in [3.63, 3.8) is 0 Å². The molecule has 0 atom stereocenters. The van der Waals surface area contributed by atoms with Gasteiger partial charge in [-0.25, -0.2) is 9.59 Å². The Morgan fingerprint density at radius 1 is 1.00 bits per heavy atom. The van der Waals surface area contributed by atoms with Crippen molar-refractivity contribution in [3.8, 4) is 5.75 Å². The van der Waals surface area contributed by atoms with E-state index in [1.165, 1.54) is 18.2 Å². The van der Waals surface area contributed by atoms with E-state index in [-0.39, 0.29) is 21.9 Å². The Balaban J connectivity index is 2.15. The van der Waals surface area contributed by atoms with Gasteiger partial charge in [-0.15, -0.1) is 0 Å². The first-order valence-electron chi connectivity index (χ1n) is 6.95. The summed E-state index contributed by atoms with van der Waals surface area (Å²) >= 11 is 11.8. The lowest BCUT2D eigenvalue weighted by Crippen LogP contribution is -2.11. The third kappa shape index (κ3) is 4.71. The topological polar surface area (TPSA) is 52.6 Å². The molecule has 2 aromatic carbocycles. The van der Waals surface area contributed by atoms with Gasteiger partial charge < -0.3 is 9.47 Å². The van der Waals surface area contributed by atoms with E-state index in [4.69, 9.17) is 32.7 Å². The minimum absolute atomic E-state index is 0.194. The van der Waals surface area contributed by atoms with Gasteiger partial charge in [-0.2, -0.15) is 0 Å². The van der Waals surface area contributed by atoms with Crippen LogP contribution in [0.25, 0.3) is 0 Å². The van der Waals surface area contributed by atoms with Gasteiger partial charge in [0, 0.05) is 5.02 Å². The summed E-state index contributed by atoms with van der Waals surface area (Å²) in [6.07, 6.45) is 0.725. The molecule has 0 heterocycles. The Morgan fingerprint density at radius 2 is 1.70 bits per heavy atom. The lowest BCUT2D eigenvalue weighted by atomic mass is 10.1. The van der Waals surface area contributed by atoms with Gasteiger partial charge in [0.15, 0.2) is 0 Å². The number of esters is 2. The molecule has 4 nitrogen and oxygen atoms in total. The van der Waals surface area contributed by atoms with Crippen LogP contribution in [0.4, 0.5) is 0 Å². The number of benzene rings is 2. The molecular weight excluding hydrogens is 339 g/mol. The second kappa shape index (κ2) is 7.99. The van der Waals surface area contributed by atoms with Crippen molar-refractivity contribution in [2.75, 3.05) is 6.61 Å². The number of carbonyl (C=O) groups excluding carboxylic acids is 2. The molecule has 0 amide bonds. The lowest BCUT2D eigenvalue weighted by molar-refractivity contribution is 0.0505. The van der Waals surface area contributed by atoms with Crippen molar-refractivity contribution in [3.05, 3.63) is 63.6 Å². The molecule has 0 bridgehead atoms. The number of hydrogen-bond acceptors (Lipinski definition) is 4. The first-order chi connectivity index (χ1) is 11.0. The van der Waals surface area contributed by atoms with E-state index in [1.54, 1.807) is 24.3 Å². The van der Waals surface area contributed by atoms with Gasteiger partial charge in [-0.3, -0.25) is 0 Å². The summed E-state index contributed by atoms with van der Waals surface area (Å²) in [5, 5.41) is 0.667. The van der Waals surface area contributed by atoms with E-state index in [9.17, 15) is 9.59 Å². The van der Waals surface area contributed by atoms with Crippen LogP contribution in [0.5, 0.6) is 5.75 Å². The maximum absolute atomic E-state index is 12.2. The van der Waals surface area contributed by atoms with Crippen LogP contribution in [0.2, 0.25) is 10.0 Å². The summed E-state index contributed by atoms with van der Waals surface area (Å²) in [6, 6.07) is 10.7. The number of ether oxygens (including phenoxy) is 2. The molecule has 0 aliphatic rings. The molecule has 120 valence electrons. The van der Waals surface area contributed by atoms with Gasteiger partial charge in [-0.1, -0.05) is 36.2 Å². The predicted molar refractivity (Wildman–Crippen MR) is 88.4 cm³/mol. The minimum Gasteiger partial charge on any atom is -0.462 e. The summed E-state index contributed by atoms with van der Waals surface area (Å²) < 4.78 is 10.3. The second-order valence-corrected chi connectivity index (χ2v) is 5.52. The van der Waals surface area contributed by atoms with E-state index in [1.807, 2.05) is 6.92 Å². The second-order valence-electron chi connectivity index (χ2n) is 4.68. The third-order valence-electron chi connectivity index (χ3n) is 2.87. The number of rotatable bonds is 5. The van der Waals surface area contributed by atoms with Crippen LogP contribution in [-0.4, -0.2) is 18.5 Å². The average Bonchev–Trinajstić information content (AvgIpc) is 2.55. The average molecular weight is 353 g/mol. The molecule has 0 saturated carbocycles. The first kappa shape index (κ1) is 17.3. The van der Waals surface area contributed by atoms with Crippen molar-refractivity contribution in [1.82, 2.24) is 0 Å². The van der Waals surface area contributed by atoms with Gasteiger partial charge in [0.1, 0.15) is 5.75 Å². The van der Waals surface area contributed by atoms with E-state index < -0.39 is 11.9 Å². The molecule has 2 rings (SSSR count). The molecule has 0 unspecified atom stereocenters. The van der Waals surface area contributed by atoms with Crippen LogP contribution in [0.3, 0.4) is 0 Å². The Labute approximate surface area is 143 Å². The van der Waals surface area contributed by atoms with Crippen molar-refractivity contribution in [1.29, 1.82) is 0 Å². The molecule has 0 spiro atoms. The van der Waals surface area contributed by atoms with Gasteiger partial charge >= 0.3 is 11.9 Å². The van der Waals surface area contributed by atoms with Crippen molar-refractivity contribution in [2.24, 2.45) is 0 Å². The normalized spacial score (nSPS) is 10.2. The highest BCUT2D eigenvalue weighted by atomic mass is 35.5.